The van der Waals surface area contributed by atoms with Crippen molar-refractivity contribution in [3.05, 3.63) is 23.3 Å². The fourth-order valence-electron chi connectivity index (χ4n) is 5.45. The zero-order chi connectivity index (χ0) is 17.1. The summed E-state index contributed by atoms with van der Waals surface area (Å²) in [7, 11) is 5.36. The van der Waals surface area contributed by atoms with Crippen LogP contribution in [0.3, 0.4) is 0 Å². The van der Waals surface area contributed by atoms with Gasteiger partial charge in [0.2, 0.25) is 0 Å². The third kappa shape index (κ3) is 1.97. The Hall–Kier alpha value is -1.59. The first-order chi connectivity index (χ1) is 11.5. The second kappa shape index (κ2) is 5.46. The zero-order valence-electron chi connectivity index (χ0n) is 14.5. The topological polar surface area (TPSA) is 59.0 Å². The van der Waals surface area contributed by atoms with Crippen molar-refractivity contribution in [2.75, 3.05) is 27.8 Å². The van der Waals surface area contributed by atoms with Gasteiger partial charge in [-0.1, -0.05) is 6.07 Å². The number of phenolic OH excluding ortho intramolecular Hbond substituents is 1. The van der Waals surface area contributed by atoms with Crippen LogP contribution in [0.25, 0.3) is 0 Å². The van der Waals surface area contributed by atoms with E-state index in [1.807, 2.05) is 6.07 Å². The number of rotatable bonds is 2. The number of hydrogen-bond acceptors (Lipinski definition) is 5. The lowest BCUT2D eigenvalue weighted by Crippen LogP contribution is -2.63. The number of piperidine rings is 1. The molecule has 1 saturated heterocycles. The van der Waals surface area contributed by atoms with E-state index < -0.39 is 0 Å². The summed E-state index contributed by atoms with van der Waals surface area (Å²) in [4.78, 5) is 15.1. The van der Waals surface area contributed by atoms with Crippen LogP contribution >= 0.6 is 0 Å². The summed E-state index contributed by atoms with van der Waals surface area (Å²) >= 11 is 0. The molecular weight excluding hydrogens is 306 g/mol. The number of likely N-dealkylation sites (tertiary alicyclic amines) is 1. The molecule has 5 nitrogen and oxygen atoms in total. The van der Waals surface area contributed by atoms with Gasteiger partial charge in [0.15, 0.2) is 17.3 Å². The van der Waals surface area contributed by atoms with E-state index in [2.05, 4.69) is 18.0 Å². The van der Waals surface area contributed by atoms with Crippen LogP contribution in [0.2, 0.25) is 0 Å². The van der Waals surface area contributed by atoms with E-state index in [1.165, 1.54) is 0 Å². The molecule has 2 bridgehead atoms. The number of benzene rings is 1. The van der Waals surface area contributed by atoms with Crippen LogP contribution in [0, 0.1) is 5.92 Å². The lowest BCUT2D eigenvalue weighted by atomic mass is 9.51. The van der Waals surface area contributed by atoms with E-state index in [9.17, 15) is 9.90 Å². The summed E-state index contributed by atoms with van der Waals surface area (Å²) in [6.45, 7) is 0.947. The quantitative estimate of drug-likeness (QED) is 0.897. The van der Waals surface area contributed by atoms with Gasteiger partial charge in [-0.3, -0.25) is 4.79 Å². The molecule has 1 aromatic carbocycles. The van der Waals surface area contributed by atoms with Crippen molar-refractivity contribution >= 4 is 5.78 Å². The SMILES string of the molecule is COc1ccc2c(c1O)[C@@]13CCN(C)C(C2)[C@H]1CC(OC)C(=O)C3. The van der Waals surface area contributed by atoms with Crippen LogP contribution in [-0.2, 0) is 21.4 Å². The van der Waals surface area contributed by atoms with E-state index in [0.29, 0.717) is 24.1 Å². The number of ketones is 1. The minimum Gasteiger partial charge on any atom is -0.504 e. The number of aromatic hydroxyl groups is 1. The van der Waals surface area contributed by atoms with Gasteiger partial charge in [-0.25, -0.2) is 0 Å². The number of carbonyl (C=O) groups excluding carboxylic acids is 1. The Bertz CT molecular complexity index is 688. The molecule has 1 saturated carbocycles. The van der Waals surface area contributed by atoms with Crippen molar-refractivity contribution < 1.29 is 19.4 Å². The highest BCUT2D eigenvalue weighted by molar-refractivity contribution is 5.86. The Labute approximate surface area is 142 Å². The minimum atomic E-state index is -0.313. The monoisotopic (exact) mass is 331 g/mol. The molecule has 0 radical (unpaired) electrons. The molecule has 2 aliphatic carbocycles. The third-order valence-corrected chi connectivity index (χ3v) is 6.63. The highest BCUT2D eigenvalue weighted by atomic mass is 16.5. The van der Waals surface area contributed by atoms with Gasteiger partial charge in [0.25, 0.3) is 0 Å². The van der Waals surface area contributed by atoms with E-state index in [0.717, 1.165) is 36.9 Å². The summed E-state index contributed by atoms with van der Waals surface area (Å²) in [5, 5.41) is 10.9. The van der Waals surface area contributed by atoms with Crippen LogP contribution in [0.5, 0.6) is 11.5 Å². The number of carbonyl (C=O) groups is 1. The molecule has 130 valence electrons. The first-order valence-corrected chi connectivity index (χ1v) is 8.67. The molecule has 3 aliphatic rings. The van der Waals surface area contributed by atoms with E-state index >= 15 is 0 Å². The normalized spacial score (nSPS) is 35.3. The van der Waals surface area contributed by atoms with Crippen LogP contribution in [-0.4, -0.2) is 55.7 Å². The van der Waals surface area contributed by atoms with E-state index in [1.54, 1.807) is 14.2 Å². The van der Waals surface area contributed by atoms with E-state index in [4.69, 9.17) is 9.47 Å². The van der Waals surface area contributed by atoms with Gasteiger partial charge in [0.1, 0.15) is 6.10 Å². The molecule has 4 rings (SSSR count). The molecule has 1 aromatic rings. The standard InChI is InChI=1S/C19H25NO4/c1-20-7-6-19-10-14(21)16(24-3)9-12(19)13(20)8-11-4-5-15(23-2)18(22)17(11)19/h4-5,12-13,16,22H,6-10H2,1-3H3/t12-,13?,16?,19-/m1/s1. The smallest absolute Gasteiger partial charge is 0.162 e. The number of hydrogen-bond donors (Lipinski definition) is 1. The van der Waals surface area contributed by atoms with E-state index in [-0.39, 0.29) is 23.1 Å². The Morgan fingerprint density at radius 2 is 2.12 bits per heavy atom. The summed E-state index contributed by atoms with van der Waals surface area (Å²) in [6, 6.07) is 4.29. The summed E-state index contributed by atoms with van der Waals surface area (Å²) in [6.07, 6.45) is 2.67. The van der Waals surface area contributed by atoms with Gasteiger partial charge >= 0.3 is 0 Å². The zero-order valence-corrected chi connectivity index (χ0v) is 14.5. The van der Waals surface area contributed by atoms with Crippen LogP contribution in [0.15, 0.2) is 12.1 Å². The van der Waals surface area contributed by atoms with Crippen LogP contribution in [0.1, 0.15) is 30.4 Å². The summed E-state index contributed by atoms with van der Waals surface area (Å²) in [5.74, 6) is 1.21. The molecule has 0 aromatic heterocycles. The number of phenols is 1. The molecule has 1 N–H and O–H groups in total. The highest BCUT2D eigenvalue weighted by Crippen LogP contribution is 2.58. The molecule has 0 amide bonds. The number of nitrogens with zero attached hydrogens (tertiary/aromatic N) is 1. The number of methoxy groups -OCH3 is 2. The fourth-order valence-corrected chi connectivity index (χ4v) is 5.45. The predicted molar refractivity (Wildman–Crippen MR) is 89.6 cm³/mol. The van der Waals surface area contributed by atoms with Crippen molar-refractivity contribution in [1.82, 2.24) is 4.90 Å². The molecule has 4 atom stereocenters. The highest BCUT2D eigenvalue weighted by Gasteiger charge is 2.58. The molecule has 24 heavy (non-hydrogen) atoms. The molecule has 2 fully saturated rings. The maximum atomic E-state index is 12.7. The van der Waals surface area contributed by atoms with Crippen LogP contribution in [0.4, 0.5) is 0 Å². The molecule has 1 aliphatic heterocycles. The van der Waals surface area contributed by atoms with Crippen molar-refractivity contribution in [3.63, 3.8) is 0 Å². The number of likely N-dealkylation sites (N-methyl/N-ethyl adjacent to an activating group) is 1. The molecule has 1 heterocycles. The lowest BCUT2D eigenvalue weighted by molar-refractivity contribution is -0.141. The maximum Gasteiger partial charge on any atom is 0.162 e. The molecular formula is C19H25NO4. The maximum absolute atomic E-state index is 12.7. The third-order valence-electron chi connectivity index (χ3n) is 6.63. The van der Waals surface area contributed by atoms with Gasteiger partial charge in [0.05, 0.1) is 7.11 Å². The molecule has 0 spiro atoms. The van der Waals surface area contributed by atoms with Crippen molar-refractivity contribution in [2.45, 2.75) is 43.2 Å². The van der Waals surface area contributed by atoms with Crippen LogP contribution < -0.4 is 4.74 Å². The molecule has 5 heteroatoms. The Balaban J connectivity index is 1.91. The molecule has 2 unspecified atom stereocenters. The second-order valence-corrected chi connectivity index (χ2v) is 7.52. The Morgan fingerprint density at radius 1 is 1.33 bits per heavy atom. The fraction of sp³-hybridized carbons (Fsp3) is 0.632. The van der Waals surface area contributed by atoms with Crippen molar-refractivity contribution in [2.24, 2.45) is 5.92 Å². The number of ether oxygens (including phenoxy) is 2. The van der Waals surface area contributed by atoms with Gasteiger partial charge in [-0.2, -0.15) is 0 Å². The minimum absolute atomic E-state index is 0.159. The van der Waals surface area contributed by atoms with Gasteiger partial charge < -0.3 is 19.5 Å². The Kier molecular flexibility index (Phi) is 3.62. The first-order valence-electron chi connectivity index (χ1n) is 8.67. The Morgan fingerprint density at radius 3 is 2.83 bits per heavy atom. The average molecular weight is 331 g/mol. The summed E-state index contributed by atoms with van der Waals surface area (Å²) < 4.78 is 10.8. The van der Waals surface area contributed by atoms with Gasteiger partial charge in [0, 0.05) is 30.6 Å². The van der Waals surface area contributed by atoms with Gasteiger partial charge in [-0.15, -0.1) is 0 Å². The predicted octanol–water partition coefficient (Wildman–Crippen LogP) is 1.89. The van der Waals surface area contributed by atoms with Crippen molar-refractivity contribution in [1.29, 1.82) is 0 Å². The van der Waals surface area contributed by atoms with Crippen molar-refractivity contribution in [3.8, 4) is 11.5 Å². The van der Waals surface area contributed by atoms with Gasteiger partial charge in [-0.05, 0) is 50.4 Å². The lowest BCUT2D eigenvalue weighted by Gasteiger charge is -2.58. The number of fused-ring (bicyclic) bond motifs is 1. The largest absolute Gasteiger partial charge is 0.504 e. The number of Topliss-reactive ketones (excluding diaryl/α,β-unsaturated/α-hetero) is 1. The first kappa shape index (κ1) is 15.9. The average Bonchev–Trinajstić information content (AvgIpc) is 2.57. The second-order valence-electron chi connectivity index (χ2n) is 7.52. The summed E-state index contributed by atoms with van der Waals surface area (Å²) in [5.41, 5.74) is 1.83.